The summed E-state index contributed by atoms with van der Waals surface area (Å²) in [6, 6.07) is 4.99. The third-order valence-corrected chi connectivity index (χ3v) is 6.52. The predicted molar refractivity (Wildman–Crippen MR) is 112 cm³/mol. The second-order valence-electron chi connectivity index (χ2n) is 8.15. The van der Waals surface area contributed by atoms with Gasteiger partial charge in [-0.3, -0.25) is 0 Å². The molecule has 1 saturated heterocycles. The first-order valence-electron chi connectivity index (χ1n) is 10.1. The van der Waals surface area contributed by atoms with Crippen LogP contribution in [-0.2, 0) is 0 Å². The topological polar surface area (TPSA) is 44.0 Å². The molecule has 2 aromatic rings. The van der Waals surface area contributed by atoms with Gasteiger partial charge in [0, 0.05) is 25.0 Å². The lowest BCUT2D eigenvalue weighted by molar-refractivity contribution is 0.292. The molecular weight excluding hydrogens is 340 g/mol. The van der Waals surface area contributed by atoms with Crippen molar-refractivity contribution in [3.05, 3.63) is 29.1 Å². The van der Waals surface area contributed by atoms with Gasteiger partial charge in [0.2, 0.25) is 0 Å². The Morgan fingerprint density at radius 1 is 1.12 bits per heavy atom. The van der Waals surface area contributed by atoms with Crippen LogP contribution in [0.3, 0.4) is 0 Å². The Labute approximate surface area is 161 Å². The van der Waals surface area contributed by atoms with Gasteiger partial charge in [0.25, 0.3) is 0 Å². The minimum absolute atomic E-state index is 0.433. The highest BCUT2D eigenvalue weighted by Crippen LogP contribution is 2.28. The van der Waals surface area contributed by atoms with E-state index in [0.29, 0.717) is 12.0 Å². The third kappa shape index (κ3) is 3.73. The molecule has 1 aliphatic heterocycles. The SMILES string of the molecule is Cc1cc2nc([C@@H]3CCCN(C(=S)NC4CCCCC4)C3)[nH]c2cc1C. The molecule has 0 radical (unpaired) electrons. The average Bonchev–Trinajstić information content (AvgIpc) is 3.06. The van der Waals surface area contributed by atoms with E-state index < -0.39 is 0 Å². The van der Waals surface area contributed by atoms with Crippen LogP contribution in [0.25, 0.3) is 11.0 Å². The molecule has 0 bridgehead atoms. The van der Waals surface area contributed by atoms with Crippen molar-refractivity contribution in [1.29, 1.82) is 0 Å². The largest absolute Gasteiger partial charge is 0.360 e. The van der Waals surface area contributed by atoms with E-state index in [1.54, 1.807) is 0 Å². The molecular formula is C21H30N4S. The van der Waals surface area contributed by atoms with E-state index in [4.69, 9.17) is 17.2 Å². The quantitative estimate of drug-likeness (QED) is 0.760. The lowest BCUT2D eigenvalue weighted by Crippen LogP contribution is -2.48. The van der Waals surface area contributed by atoms with Gasteiger partial charge >= 0.3 is 0 Å². The van der Waals surface area contributed by atoms with E-state index >= 15 is 0 Å². The maximum absolute atomic E-state index is 5.74. The van der Waals surface area contributed by atoms with Crippen LogP contribution in [-0.4, -0.2) is 39.1 Å². The Hall–Kier alpha value is -1.62. The number of H-pyrrole nitrogens is 1. The van der Waals surface area contributed by atoms with Gasteiger partial charge in [-0.15, -0.1) is 0 Å². The fourth-order valence-corrected chi connectivity index (χ4v) is 4.71. The number of imidazole rings is 1. The van der Waals surface area contributed by atoms with Crippen molar-refractivity contribution in [3.63, 3.8) is 0 Å². The summed E-state index contributed by atoms with van der Waals surface area (Å²) in [7, 11) is 0. The second-order valence-corrected chi connectivity index (χ2v) is 8.53. The molecule has 140 valence electrons. The lowest BCUT2D eigenvalue weighted by atomic mass is 9.95. The maximum atomic E-state index is 5.74. The average molecular weight is 371 g/mol. The van der Waals surface area contributed by atoms with E-state index in [9.17, 15) is 0 Å². The Kier molecular flexibility index (Phi) is 5.16. The van der Waals surface area contributed by atoms with E-state index in [2.05, 4.69) is 41.2 Å². The number of fused-ring (bicyclic) bond motifs is 1. The number of rotatable bonds is 2. The summed E-state index contributed by atoms with van der Waals surface area (Å²) in [6.45, 7) is 6.34. The van der Waals surface area contributed by atoms with Crippen LogP contribution in [0.15, 0.2) is 12.1 Å². The molecule has 4 rings (SSSR count). The first-order chi connectivity index (χ1) is 12.6. The van der Waals surface area contributed by atoms with Crippen molar-refractivity contribution in [1.82, 2.24) is 20.2 Å². The van der Waals surface area contributed by atoms with Crippen molar-refractivity contribution in [3.8, 4) is 0 Å². The Morgan fingerprint density at radius 3 is 2.69 bits per heavy atom. The van der Waals surface area contributed by atoms with E-state index in [1.807, 2.05) is 0 Å². The lowest BCUT2D eigenvalue weighted by Gasteiger charge is -2.36. The van der Waals surface area contributed by atoms with Gasteiger partial charge in [-0.25, -0.2) is 4.98 Å². The van der Waals surface area contributed by atoms with Crippen molar-refractivity contribution < 1.29 is 0 Å². The van der Waals surface area contributed by atoms with Gasteiger partial charge in [0.05, 0.1) is 11.0 Å². The van der Waals surface area contributed by atoms with Crippen molar-refractivity contribution >= 4 is 28.4 Å². The first kappa shape index (κ1) is 17.8. The van der Waals surface area contributed by atoms with Gasteiger partial charge in [-0.2, -0.15) is 0 Å². The molecule has 1 aromatic carbocycles. The van der Waals surface area contributed by atoms with Gasteiger partial charge < -0.3 is 15.2 Å². The van der Waals surface area contributed by atoms with Crippen molar-refractivity contribution in [2.75, 3.05) is 13.1 Å². The zero-order chi connectivity index (χ0) is 18.1. The number of nitrogens with one attached hydrogen (secondary N) is 2. The van der Waals surface area contributed by atoms with Gasteiger partial charge in [0.15, 0.2) is 5.11 Å². The summed E-state index contributed by atoms with van der Waals surface area (Å²) in [5.74, 6) is 1.55. The molecule has 0 amide bonds. The Bertz CT molecular complexity index is 752. The number of benzene rings is 1. The number of aryl methyl sites for hydroxylation is 2. The van der Waals surface area contributed by atoms with Crippen LogP contribution in [0.1, 0.15) is 67.8 Å². The minimum atomic E-state index is 0.433. The van der Waals surface area contributed by atoms with E-state index in [-0.39, 0.29) is 0 Å². The van der Waals surface area contributed by atoms with Crippen LogP contribution >= 0.6 is 12.2 Å². The fraction of sp³-hybridized carbons (Fsp3) is 0.619. The smallest absolute Gasteiger partial charge is 0.169 e. The second kappa shape index (κ2) is 7.55. The third-order valence-electron chi connectivity index (χ3n) is 6.14. The van der Waals surface area contributed by atoms with Gasteiger partial charge in [0.1, 0.15) is 5.82 Å². The monoisotopic (exact) mass is 370 g/mol. The van der Waals surface area contributed by atoms with Crippen LogP contribution in [0.2, 0.25) is 0 Å². The highest BCUT2D eigenvalue weighted by atomic mass is 32.1. The fourth-order valence-electron chi connectivity index (χ4n) is 4.38. The minimum Gasteiger partial charge on any atom is -0.360 e. The molecule has 1 aliphatic carbocycles. The number of hydrogen-bond acceptors (Lipinski definition) is 2. The van der Waals surface area contributed by atoms with Gasteiger partial charge in [-0.05, 0) is 75.0 Å². The van der Waals surface area contributed by atoms with Crippen LogP contribution in [0, 0.1) is 13.8 Å². The predicted octanol–water partition coefficient (Wildman–Crippen LogP) is 4.57. The Morgan fingerprint density at radius 2 is 1.88 bits per heavy atom. The molecule has 2 heterocycles. The number of thiocarbonyl (C=S) groups is 1. The molecule has 26 heavy (non-hydrogen) atoms. The maximum Gasteiger partial charge on any atom is 0.169 e. The van der Waals surface area contributed by atoms with Crippen molar-refractivity contribution in [2.45, 2.75) is 70.8 Å². The number of hydrogen-bond donors (Lipinski definition) is 2. The molecule has 2 aliphatic rings. The Balaban J connectivity index is 1.45. The number of piperidine rings is 1. The number of aromatic nitrogens is 2. The molecule has 2 fully saturated rings. The molecule has 0 unspecified atom stereocenters. The van der Waals surface area contributed by atoms with Crippen LogP contribution in [0.5, 0.6) is 0 Å². The summed E-state index contributed by atoms with van der Waals surface area (Å²) in [4.78, 5) is 10.8. The summed E-state index contributed by atoms with van der Waals surface area (Å²) in [5.41, 5.74) is 4.86. The zero-order valence-corrected chi connectivity index (χ0v) is 16.8. The highest BCUT2D eigenvalue weighted by Gasteiger charge is 2.26. The summed E-state index contributed by atoms with van der Waals surface area (Å²) in [5, 5.41) is 4.58. The van der Waals surface area contributed by atoms with E-state index in [1.165, 1.54) is 56.1 Å². The molecule has 1 saturated carbocycles. The highest BCUT2D eigenvalue weighted by molar-refractivity contribution is 7.80. The normalized spacial score (nSPS) is 21.9. The molecule has 0 spiro atoms. The summed E-state index contributed by atoms with van der Waals surface area (Å²) in [6.07, 6.45) is 8.93. The first-order valence-corrected chi connectivity index (χ1v) is 10.5. The molecule has 1 aromatic heterocycles. The summed E-state index contributed by atoms with van der Waals surface area (Å²) < 4.78 is 0. The van der Waals surface area contributed by atoms with Crippen molar-refractivity contribution in [2.24, 2.45) is 0 Å². The number of aromatic amines is 1. The zero-order valence-electron chi connectivity index (χ0n) is 16.0. The standard InChI is InChI=1S/C21H30N4S/c1-14-11-18-19(12-15(14)2)24-20(23-18)16-7-6-10-25(13-16)21(26)22-17-8-4-3-5-9-17/h11-12,16-17H,3-10,13H2,1-2H3,(H,22,26)(H,23,24)/t16-/m1/s1. The molecule has 1 atom stereocenters. The van der Waals surface area contributed by atoms with Crippen LogP contribution in [0.4, 0.5) is 0 Å². The van der Waals surface area contributed by atoms with Gasteiger partial charge in [-0.1, -0.05) is 19.3 Å². The molecule has 2 N–H and O–H groups in total. The number of nitrogens with zero attached hydrogens (tertiary/aromatic N) is 2. The molecule has 4 nitrogen and oxygen atoms in total. The molecule has 5 heteroatoms. The van der Waals surface area contributed by atoms with Crippen LogP contribution < -0.4 is 5.32 Å². The van der Waals surface area contributed by atoms with E-state index in [0.717, 1.165) is 35.1 Å². The number of likely N-dealkylation sites (tertiary alicyclic amines) is 1. The summed E-state index contributed by atoms with van der Waals surface area (Å²) >= 11 is 5.74.